The lowest BCUT2D eigenvalue weighted by Crippen LogP contribution is -2.57. The smallest absolute Gasteiger partial charge is 0.182 e. The zero-order valence-corrected chi connectivity index (χ0v) is 9.81. The van der Waals surface area contributed by atoms with Crippen LogP contribution in [0.15, 0.2) is 12.7 Å². The molecule has 2 aromatic rings. The fraction of sp³-hybridized carbons (Fsp3) is 0.545. The highest BCUT2D eigenvalue weighted by atomic mass is 16.3. The van der Waals surface area contributed by atoms with Crippen LogP contribution in [0, 0.1) is 5.41 Å². The van der Waals surface area contributed by atoms with Crippen molar-refractivity contribution in [3.8, 4) is 0 Å². The van der Waals surface area contributed by atoms with Crippen LogP contribution in [0.1, 0.15) is 20.3 Å². The number of nitrogens with one attached hydrogen (secondary N) is 2. The van der Waals surface area contributed by atoms with Gasteiger partial charge >= 0.3 is 0 Å². The van der Waals surface area contributed by atoms with Crippen molar-refractivity contribution in [1.29, 1.82) is 0 Å². The van der Waals surface area contributed by atoms with E-state index < -0.39 is 0 Å². The van der Waals surface area contributed by atoms with E-state index in [9.17, 15) is 5.11 Å². The van der Waals surface area contributed by atoms with Crippen LogP contribution in [-0.4, -0.2) is 37.2 Å². The Hall–Kier alpha value is -1.69. The SMILES string of the molecule is CC1(C)C(O)CC1Nc1ncnc2nc[nH]c12. The number of H-pyrrole nitrogens is 1. The molecule has 2 unspecified atom stereocenters. The lowest BCUT2D eigenvalue weighted by Gasteiger charge is -2.49. The number of nitrogens with zero attached hydrogens (tertiary/aromatic N) is 3. The topological polar surface area (TPSA) is 86.7 Å². The molecule has 0 bridgehead atoms. The first-order chi connectivity index (χ1) is 8.09. The van der Waals surface area contributed by atoms with Gasteiger partial charge in [0.15, 0.2) is 11.5 Å². The van der Waals surface area contributed by atoms with E-state index in [1.807, 2.05) is 13.8 Å². The zero-order valence-electron chi connectivity index (χ0n) is 9.81. The van der Waals surface area contributed by atoms with Crippen LogP contribution >= 0.6 is 0 Å². The molecule has 6 nitrogen and oxygen atoms in total. The number of aliphatic hydroxyl groups excluding tert-OH is 1. The molecule has 0 amide bonds. The minimum atomic E-state index is -0.251. The maximum atomic E-state index is 9.70. The Balaban J connectivity index is 1.89. The lowest BCUT2D eigenvalue weighted by atomic mass is 9.64. The van der Waals surface area contributed by atoms with E-state index in [1.54, 1.807) is 6.33 Å². The fourth-order valence-electron chi connectivity index (χ4n) is 2.19. The Morgan fingerprint density at radius 2 is 2.24 bits per heavy atom. The molecule has 2 aromatic heterocycles. The Kier molecular flexibility index (Phi) is 2.09. The van der Waals surface area contributed by atoms with Gasteiger partial charge in [0.1, 0.15) is 11.8 Å². The predicted octanol–water partition coefficient (Wildman–Crippen LogP) is 0.924. The number of aromatic nitrogens is 4. The molecule has 1 aliphatic rings. The summed E-state index contributed by atoms with van der Waals surface area (Å²) >= 11 is 0. The van der Waals surface area contributed by atoms with E-state index in [-0.39, 0.29) is 17.6 Å². The van der Waals surface area contributed by atoms with Gasteiger partial charge in [0.05, 0.1) is 12.4 Å². The normalized spacial score (nSPS) is 26.8. The fourth-order valence-corrected chi connectivity index (χ4v) is 2.19. The summed E-state index contributed by atoms with van der Waals surface area (Å²) in [5.41, 5.74) is 1.34. The third-order valence-electron chi connectivity index (χ3n) is 3.75. The summed E-state index contributed by atoms with van der Waals surface area (Å²) in [6.45, 7) is 4.09. The quantitative estimate of drug-likeness (QED) is 0.718. The molecular weight excluding hydrogens is 218 g/mol. The van der Waals surface area contributed by atoms with Crippen LogP contribution in [-0.2, 0) is 0 Å². The highest BCUT2D eigenvalue weighted by Crippen LogP contribution is 2.42. The molecular formula is C11H15N5O. The summed E-state index contributed by atoms with van der Waals surface area (Å²) in [5, 5.41) is 13.1. The van der Waals surface area contributed by atoms with Crippen LogP contribution in [0.5, 0.6) is 0 Å². The molecule has 17 heavy (non-hydrogen) atoms. The Labute approximate surface area is 98.5 Å². The Bertz CT molecular complexity index is 550. The maximum Gasteiger partial charge on any atom is 0.182 e. The summed E-state index contributed by atoms with van der Waals surface area (Å²) < 4.78 is 0. The monoisotopic (exact) mass is 233 g/mol. The molecule has 3 rings (SSSR count). The van der Waals surface area contributed by atoms with Crippen molar-refractivity contribution in [3.05, 3.63) is 12.7 Å². The average molecular weight is 233 g/mol. The van der Waals surface area contributed by atoms with Crippen molar-refractivity contribution in [2.75, 3.05) is 5.32 Å². The molecule has 0 aliphatic heterocycles. The number of hydrogen-bond acceptors (Lipinski definition) is 5. The van der Waals surface area contributed by atoms with E-state index in [4.69, 9.17) is 0 Å². The molecule has 2 atom stereocenters. The van der Waals surface area contributed by atoms with E-state index in [1.165, 1.54) is 6.33 Å². The highest BCUT2D eigenvalue weighted by Gasteiger charge is 2.47. The van der Waals surface area contributed by atoms with E-state index in [0.717, 1.165) is 17.8 Å². The number of anilines is 1. The predicted molar refractivity (Wildman–Crippen MR) is 63.5 cm³/mol. The Morgan fingerprint density at radius 3 is 2.94 bits per heavy atom. The summed E-state index contributed by atoms with van der Waals surface area (Å²) in [6, 6.07) is 0.221. The van der Waals surface area contributed by atoms with Gasteiger partial charge < -0.3 is 15.4 Å². The summed E-state index contributed by atoms with van der Waals surface area (Å²) in [6.07, 6.45) is 3.59. The number of aliphatic hydroxyl groups is 1. The van der Waals surface area contributed by atoms with Crippen molar-refractivity contribution < 1.29 is 5.11 Å². The van der Waals surface area contributed by atoms with Crippen LogP contribution in [0.3, 0.4) is 0 Å². The largest absolute Gasteiger partial charge is 0.392 e. The van der Waals surface area contributed by atoms with Crippen molar-refractivity contribution in [2.24, 2.45) is 5.41 Å². The maximum absolute atomic E-state index is 9.70. The number of hydrogen-bond donors (Lipinski definition) is 3. The van der Waals surface area contributed by atoms with Gasteiger partial charge in [0.2, 0.25) is 0 Å². The molecule has 1 fully saturated rings. The number of rotatable bonds is 2. The minimum absolute atomic E-state index is 0.128. The second-order valence-electron chi connectivity index (χ2n) is 5.09. The molecule has 90 valence electrons. The second-order valence-corrected chi connectivity index (χ2v) is 5.09. The van der Waals surface area contributed by atoms with Crippen molar-refractivity contribution in [2.45, 2.75) is 32.4 Å². The van der Waals surface area contributed by atoms with Crippen LogP contribution < -0.4 is 5.32 Å². The van der Waals surface area contributed by atoms with Gasteiger partial charge in [0, 0.05) is 11.5 Å². The first-order valence-corrected chi connectivity index (χ1v) is 5.67. The molecule has 0 saturated heterocycles. The van der Waals surface area contributed by atoms with Gasteiger partial charge in [0.25, 0.3) is 0 Å². The molecule has 2 heterocycles. The second kappa shape index (κ2) is 3.40. The van der Waals surface area contributed by atoms with Gasteiger partial charge in [-0.3, -0.25) is 0 Å². The highest BCUT2D eigenvalue weighted by molar-refractivity contribution is 5.82. The molecule has 0 radical (unpaired) electrons. The third-order valence-corrected chi connectivity index (χ3v) is 3.75. The molecule has 3 N–H and O–H groups in total. The van der Waals surface area contributed by atoms with E-state index in [0.29, 0.717) is 5.65 Å². The van der Waals surface area contributed by atoms with E-state index >= 15 is 0 Å². The van der Waals surface area contributed by atoms with Crippen molar-refractivity contribution >= 4 is 17.0 Å². The summed E-state index contributed by atoms with van der Waals surface area (Å²) in [5.74, 6) is 0.748. The lowest BCUT2D eigenvalue weighted by molar-refractivity contribution is -0.0511. The average Bonchev–Trinajstić information content (AvgIpc) is 2.77. The number of aromatic amines is 1. The third kappa shape index (κ3) is 1.48. The Morgan fingerprint density at radius 1 is 1.41 bits per heavy atom. The van der Waals surface area contributed by atoms with Gasteiger partial charge in [-0.15, -0.1) is 0 Å². The van der Waals surface area contributed by atoms with Crippen LogP contribution in [0.4, 0.5) is 5.82 Å². The van der Waals surface area contributed by atoms with Crippen LogP contribution in [0.25, 0.3) is 11.2 Å². The number of imidazole rings is 1. The molecule has 0 spiro atoms. The summed E-state index contributed by atoms with van der Waals surface area (Å²) in [4.78, 5) is 15.4. The standard InChI is InChI=1S/C11H15N5O/c1-11(2)6(3-7(11)17)16-10-8-9(13-4-12-8)14-5-15-10/h4-7,17H,3H2,1-2H3,(H2,12,13,14,15,16). The van der Waals surface area contributed by atoms with Crippen molar-refractivity contribution in [3.63, 3.8) is 0 Å². The van der Waals surface area contributed by atoms with Crippen LogP contribution in [0.2, 0.25) is 0 Å². The molecule has 1 aliphatic carbocycles. The van der Waals surface area contributed by atoms with E-state index in [2.05, 4.69) is 25.3 Å². The van der Waals surface area contributed by atoms with Gasteiger partial charge in [-0.1, -0.05) is 13.8 Å². The molecule has 1 saturated carbocycles. The zero-order chi connectivity index (χ0) is 12.0. The number of fused-ring (bicyclic) bond motifs is 1. The van der Waals surface area contributed by atoms with Gasteiger partial charge in [-0.2, -0.15) is 0 Å². The minimum Gasteiger partial charge on any atom is -0.392 e. The first-order valence-electron chi connectivity index (χ1n) is 5.67. The van der Waals surface area contributed by atoms with Gasteiger partial charge in [-0.25, -0.2) is 15.0 Å². The molecule has 6 heteroatoms. The first kappa shape index (κ1) is 10.5. The van der Waals surface area contributed by atoms with Crippen molar-refractivity contribution in [1.82, 2.24) is 19.9 Å². The van der Waals surface area contributed by atoms with Gasteiger partial charge in [-0.05, 0) is 6.42 Å². The molecule has 0 aromatic carbocycles. The summed E-state index contributed by atoms with van der Waals surface area (Å²) in [7, 11) is 0.